The average Bonchev–Trinajstić information content (AvgIpc) is 2.87. The van der Waals surface area contributed by atoms with Crippen molar-refractivity contribution < 1.29 is 18.7 Å². The molecule has 1 amide bonds. The summed E-state index contributed by atoms with van der Waals surface area (Å²) in [7, 11) is 1.61. The average molecular weight is 477 g/mol. The Bertz CT molecular complexity index is 1160. The maximum atomic E-state index is 14.1. The molecule has 184 valence electrons. The summed E-state index contributed by atoms with van der Waals surface area (Å²) < 4.78 is 25.6. The van der Waals surface area contributed by atoms with Crippen LogP contribution in [0.2, 0.25) is 0 Å². The van der Waals surface area contributed by atoms with Crippen LogP contribution in [0.4, 0.5) is 10.1 Å². The van der Waals surface area contributed by atoms with Gasteiger partial charge in [-0.1, -0.05) is 45.0 Å². The lowest BCUT2D eigenvalue weighted by atomic mass is 9.87. The molecule has 3 aromatic rings. The van der Waals surface area contributed by atoms with E-state index in [-0.39, 0.29) is 17.1 Å². The monoisotopic (exact) mass is 476 g/mol. The second-order valence-corrected chi connectivity index (χ2v) is 9.82. The maximum Gasteiger partial charge on any atom is 0.253 e. The van der Waals surface area contributed by atoms with Gasteiger partial charge in [-0.2, -0.15) is 0 Å². The molecule has 0 aromatic heterocycles. The summed E-state index contributed by atoms with van der Waals surface area (Å²) in [4.78, 5) is 17.0. The quantitative estimate of drug-likeness (QED) is 0.460. The molecule has 1 heterocycles. The second kappa shape index (κ2) is 10.4. The Hall–Kier alpha value is -3.54. The first-order chi connectivity index (χ1) is 16.8. The van der Waals surface area contributed by atoms with E-state index in [2.05, 4.69) is 32.9 Å². The highest BCUT2D eigenvalue weighted by molar-refractivity contribution is 5.94. The van der Waals surface area contributed by atoms with Crippen molar-refractivity contribution in [3.8, 4) is 11.5 Å². The van der Waals surface area contributed by atoms with Gasteiger partial charge in [0.15, 0.2) is 0 Å². The van der Waals surface area contributed by atoms with Crippen molar-refractivity contribution in [3.63, 3.8) is 0 Å². The maximum absolute atomic E-state index is 14.1. The van der Waals surface area contributed by atoms with Crippen molar-refractivity contribution in [1.29, 1.82) is 0 Å². The number of hydrogen-bond acceptors (Lipinski definition) is 4. The van der Waals surface area contributed by atoms with Crippen molar-refractivity contribution in [2.24, 2.45) is 0 Å². The lowest BCUT2D eigenvalue weighted by molar-refractivity contribution is 0.0746. The minimum Gasteiger partial charge on any atom is -0.496 e. The van der Waals surface area contributed by atoms with Crippen LogP contribution < -0.4 is 14.4 Å². The normalized spacial score (nSPS) is 14.1. The third kappa shape index (κ3) is 5.76. The Labute approximate surface area is 207 Å². The first-order valence-electron chi connectivity index (χ1n) is 12.0. The molecule has 6 heteroatoms. The number of benzene rings is 3. The highest BCUT2D eigenvalue weighted by Gasteiger charge is 2.24. The van der Waals surface area contributed by atoms with Crippen molar-refractivity contribution in [2.75, 3.05) is 38.2 Å². The van der Waals surface area contributed by atoms with Gasteiger partial charge in [0.05, 0.1) is 12.8 Å². The highest BCUT2D eigenvalue weighted by atomic mass is 19.1. The van der Waals surface area contributed by atoms with E-state index in [1.807, 2.05) is 40.1 Å². The molecular weight excluding hydrogens is 443 g/mol. The minimum atomic E-state index is -0.236. The lowest BCUT2D eigenvalue weighted by Gasteiger charge is -2.36. The Balaban J connectivity index is 1.41. The van der Waals surface area contributed by atoms with Crippen LogP contribution in [0.1, 0.15) is 42.3 Å². The fraction of sp³-hybridized carbons (Fsp3) is 0.345. The SMILES string of the molecule is COc1ccc(C(=O)N2CCN(c3ccccc3F)CC2)cc1COc1ccc(C(C)(C)C)cc1. The molecule has 0 aliphatic carbocycles. The lowest BCUT2D eigenvalue weighted by Crippen LogP contribution is -2.49. The summed E-state index contributed by atoms with van der Waals surface area (Å²) in [5, 5.41) is 0. The van der Waals surface area contributed by atoms with Gasteiger partial charge in [0.1, 0.15) is 23.9 Å². The van der Waals surface area contributed by atoms with E-state index >= 15 is 0 Å². The molecule has 35 heavy (non-hydrogen) atoms. The zero-order chi connectivity index (χ0) is 25.0. The number of rotatable bonds is 6. The molecule has 1 fully saturated rings. The number of carbonyl (C=O) groups excluding carboxylic acids is 1. The van der Waals surface area contributed by atoms with E-state index in [0.717, 1.165) is 11.3 Å². The largest absolute Gasteiger partial charge is 0.496 e. The van der Waals surface area contributed by atoms with Crippen LogP contribution >= 0.6 is 0 Å². The third-order valence-electron chi connectivity index (χ3n) is 6.40. The van der Waals surface area contributed by atoms with Gasteiger partial charge in [-0.15, -0.1) is 0 Å². The number of ether oxygens (including phenoxy) is 2. The Morgan fingerprint density at radius 3 is 2.26 bits per heavy atom. The molecule has 0 spiro atoms. The number of amides is 1. The molecule has 0 bridgehead atoms. The summed E-state index contributed by atoms with van der Waals surface area (Å²) in [6.45, 7) is 9.06. The Kier molecular flexibility index (Phi) is 7.29. The van der Waals surface area contributed by atoms with Crippen LogP contribution in [-0.2, 0) is 12.0 Å². The van der Waals surface area contributed by atoms with Gasteiger partial charge >= 0.3 is 0 Å². The number of anilines is 1. The number of carbonyl (C=O) groups is 1. The highest BCUT2D eigenvalue weighted by Crippen LogP contribution is 2.27. The molecule has 0 radical (unpaired) electrons. The van der Waals surface area contributed by atoms with E-state index in [9.17, 15) is 9.18 Å². The van der Waals surface area contributed by atoms with E-state index in [4.69, 9.17) is 9.47 Å². The standard InChI is InChI=1S/C29H33FN2O3/c1-29(2,3)23-10-12-24(13-11-23)35-20-22-19-21(9-14-27(22)34-4)28(33)32-17-15-31(16-18-32)26-8-6-5-7-25(26)30/h5-14,19H,15-18,20H2,1-4H3. The molecule has 1 saturated heterocycles. The molecule has 5 nitrogen and oxygen atoms in total. The molecular formula is C29H33FN2O3. The van der Waals surface area contributed by atoms with Crippen molar-refractivity contribution >= 4 is 11.6 Å². The van der Waals surface area contributed by atoms with Gasteiger partial charge in [-0.25, -0.2) is 4.39 Å². The fourth-order valence-electron chi connectivity index (χ4n) is 4.28. The molecule has 0 saturated carbocycles. The molecule has 1 aliphatic heterocycles. The van der Waals surface area contributed by atoms with Crippen LogP contribution in [0.15, 0.2) is 66.7 Å². The summed E-state index contributed by atoms with van der Waals surface area (Å²) in [6.07, 6.45) is 0. The molecule has 4 rings (SSSR count). The van der Waals surface area contributed by atoms with Crippen LogP contribution in [0.5, 0.6) is 11.5 Å². The van der Waals surface area contributed by atoms with Crippen LogP contribution in [-0.4, -0.2) is 44.1 Å². The first kappa shape index (κ1) is 24.6. The number of para-hydroxylation sites is 1. The topological polar surface area (TPSA) is 42.0 Å². The summed E-state index contributed by atoms with van der Waals surface area (Å²) >= 11 is 0. The van der Waals surface area contributed by atoms with Crippen LogP contribution in [0.25, 0.3) is 0 Å². The number of methoxy groups -OCH3 is 1. The van der Waals surface area contributed by atoms with Crippen LogP contribution in [0.3, 0.4) is 0 Å². The summed E-state index contributed by atoms with van der Waals surface area (Å²) in [5.41, 5.74) is 3.30. The Morgan fingerprint density at radius 2 is 1.63 bits per heavy atom. The van der Waals surface area contributed by atoms with Crippen molar-refractivity contribution in [1.82, 2.24) is 4.90 Å². The van der Waals surface area contributed by atoms with Crippen molar-refractivity contribution in [3.05, 3.63) is 89.2 Å². The van der Waals surface area contributed by atoms with Gasteiger partial charge in [0.25, 0.3) is 5.91 Å². The fourth-order valence-corrected chi connectivity index (χ4v) is 4.28. The zero-order valence-corrected chi connectivity index (χ0v) is 20.9. The zero-order valence-electron chi connectivity index (χ0n) is 20.9. The minimum absolute atomic E-state index is 0.0448. The Morgan fingerprint density at radius 1 is 0.943 bits per heavy atom. The van der Waals surface area contributed by atoms with E-state index in [1.165, 1.54) is 11.6 Å². The van der Waals surface area contributed by atoms with Gasteiger partial charge in [-0.3, -0.25) is 4.79 Å². The smallest absolute Gasteiger partial charge is 0.253 e. The van der Waals surface area contributed by atoms with E-state index in [1.54, 1.807) is 25.3 Å². The van der Waals surface area contributed by atoms with Gasteiger partial charge in [0.2, 0.25) is 0 Å². The van der Waals surface area contributed by atoms with Gasteiger partial charge < -0.3 is 19.3 Å². The molecule has 3 aromatic carbocycles. The predicted octanol–water partition coefficient (Wildman–Crippen LogP) is 5.67. The van der Waals surface area contributed by atoms with Gasteiger partial charge in [0, 0.05) is 37.3 Å². The van der Waals surface area contributed by atoms with Gasteiger partial charge in [-0.05, 0) is 53.4 Å². The number of nitrogens with zero attached hydrogens (tertiary/aromatic N) is 2. The van der Waals surface area contributed by atoms with E-state index < -0.39 is 0 Å². The molecule has 0 atom stereocenters. The third-order valence-corrected chi connectivity index (χ3v) is 6.40. The van der Waals surface area contributed by atoms with Crippen LogP contribution in [0, 0.1) is 5.82 Å². The van der Waals surface area contributed by atoms with E-state index in [0.29, 0.717) is 49.8 Å². The molecule has 0 N–H and O–H groups in total. The molecule has 1 aliphatic rings. The number of piperazine rings is 1. The second-order valence-electron chi connectivity index (χ2n) is 9.82. The number of halogens is 1. The molecule has 0 unspecified atom stereocenters. The number of hydrogen-bond donors (Lipinski definition) is 0. The predicted molar refractivity (Wildman–Crippen MR) is 137 cm³/mol. The summed E-state index contributed by atoms with van der Waals surface area (Å²) in [5.74, 6) is 1.16. The summed E-state index contributed by atoms with van der Waals surface area (Å²) in [6, 6.07) is 20.3. The first-order valence-corrected chi connectivity index (χ1v) is 12.0. The van der Waals surface area contributed by atoms with Crippen molar-refractivity contribution in [2.45, 2.75) is 32.8 Å².